The molecule has 3 aliphatic rings. The fourth-order valence-corrected chi connectivity index (χ4v) is 3.56. The van der Waals surface area contributed by atoms with Gasteiger partial charge in [-0.05, 0) is 25.7 Å². The van der Waals surface area contributed by atoms with E-state index in [1.165, 1.54) is 4.90 Å². The van der Waals surface area contributed by atoms with Crippen molar-refractivity contribution < 1.29 is 24.6 Å². The third kappa shape index (κ3) is 1.67. The Kier molecular flexibility index (Phi) is 2.48. The number of hydrogen-bond acceptors (Lipinski definition) is 3. The van der Waals surface area contributed by atoms with Crippen LogP contribution in [0.3, 0.4) is 0 Å². The van der Waals surface area contributed by atoms with Gasteiger partial charge in [-0.1, -0.05) is 0 Å². The Labute approximate surface area is 109 Å². The monoisotopic (exact) mass is 268 g/mol. The molecule has 0 aromatic rings. The second-order valence-corrected chi connectivity index (χ2v) is 5.65. The molecule has 7 nitrogen and oxygen atoms in total. The minimum Gasteiger partial charge on any atom is -0.481 e. The normalized spacial score (nSPS) is 32.1. The first-order chi connectivity index (χ1) is 8.95. The lowest BCUT2D eigenvalue weighted by Crippen LogP contribution is -2.67. The molecule has 2 heterocycles. The SMILES string of the molecule is O=C(O)C1CCC2N(C1)C(=O)CN(C(=O)O)C21CC1. The Bertz CT molecular complexity index is 459. The maximum absolute atomic E-state index is 12.1. The molecule has 19 heavy (non-hydrogen) atoms. The van der Waals surface area contributed by atoms with Crippen molar-refractivity contribution in [1.82, 2.24) is 9.80 Å². The van der Waals surface area contributed by atoms with Gasteiger partial charge < -0.3 is 15.1 Å². The number of carboxylic acids is 1. The number of piperazine rings is 1. The molecule has 2 atom stereocenters. The van der Waals surface area contributed by atoms with Gasteiger partial charge in [0.15, 0.2) is 0 Å². The van der Waals surface area contributed by atoms with Crippen molar-refractivity contribution >= 4 is 18.0 Å². The summed E-state index contributed by atoms with van der Waals surface area (Å²) in [6.45, 7) is 0.0756. The summed E-state index contributed by atoms with van der Waals surface area (Å²) >= 11 is 0. The van der Waals surface area contributed by atoms with E-state index in [0.717, 1.165) is 12.8 Å². The zero-order valence-corrected chi connectivity index (χ0v) is 10.4. The van der Waals surface area contributed by atoms with Crippen LogP contribution in [0.5, 0.6) is 0 Å². The van der Waals surface area contributed by atoms with E-state index < -0.39 is 23.5 Å². The summed E-state index contributed by atoms with van der Waals surface area (Å²) in [4.78, 5) is 37.2. The number of fused-ring (bicyclic) bond motifs is 2. The van der Waals surface area contributed by atoms with Crippen LogP contribution in [0.25, 0.3) is 0 Å². The van der Waals surface area contributed by atoms with E-state index in [-0.39, 0.29) is 25.0 Å². The number of carboxylic acid groups (broad SMARTS) is 2. The molecule has 2 unspecified atom stereocenters. The summed E-state index contributed by atoms with van der Waals surface area (Å²) in [5.41, 5.74) is -0.441. The molecule has 3 rings (SSSR count). The van der Waals surface area contributed by atoms with Crippen molar-refractivity contribution in [3.8, 4) is 0 Å². The third-order valence-corrected chi connectivity index (χ3v) is 4.70. The largest absolute Gasteiger partial charge is 0.481 e. The van der Waals surface area contributed by atoms with Gasteiger partial charge in [-0.3, -0.25) is 14.5 Å². The van der Waals surface area contributed by atoms with Crippen molar-refractivity contribution in [2.45, 2.75) is 37.3 Å². The van der Waals surface area contributed by atoms with Crippen LogP contribution >= 0.6 is 0 Å². The van der Waals surface area contributed by atoms with Gasteiger partial charge in [0.2, 0.25) is 5.91 Å². The topological polar surface area (TPSA) is 98.2 Å². The molecular weight excluding hydrogens is 252 g/mol. The van der Waals surface area contributed by atoms with E-state index in [4.69, 9.17) is 5.11 Å². The number of hydrogen-bond donors (Lipinski definition) is 2. The van der Waals surface area contributed by atoms with Crippen LogP contribution in [0.1, 0.15) is 25.7 Å². The molecule has 2 N–H and O–H groups in total. The predicted octanol–water partition coefficient (Wildman–Crippen LogP) is 0.204. The number of nitrogens with zero attached hydrogens (tertiary/aromatic N) is 2. The Hall–Kier alpha value is -1.79. The second kappa shape index (κ2) is 3.85. The Morgan fingerprint density at radius 2 is 1.89 bits per heavy atom. The fraction of sp³-hybridized carbons (Fsp3) is 0.750. The van der Waals surface area contributed by atoms with Crippen LogP contribution in [-0.2, 0) is 9.59 Å². The summed E-state index contributed by atoms with van der Waals surface area (Å²) in [5, 5.41) is 18.3. The highest BCUT2D eigenvalue weighted by Crippen LogP contribution is 2.51. The van der Waals surface area contributed by atoms with E-state index in [0.29, 0.717) is 12.8 Å². The molecule has 1 spiro atoms. The summed E-state index contributed by atoms with van der Waals surface area (Å²) < 4.78 is 0. The zero-order valence-electron chi connectivity index (χ0n) is 10.4. The van der Waals surface area contributed by atoms with E-state index >= 15 is 0 Å². The van der Waals surface area contributed by atoms with Crippen molar-refractivity contribution in [3.05, 3.63) is 0 Å². The van der Waals surface area contributed by atoms with Crippen LogP contribution in [0.15, 0.2) is 0 Å². The van der Waals surface area contributed by atoms with Crippen LogP contribution < -0.4 is 0 Å². The highest BCUT2D eigenvalue weighted by Gasteiger charge is 2.62. The molecule has 2 saturated heterocycles. The summed E-state index contributed by atoms with van der Waals surface area (Å²) in [5.74, 6) is -1.67. The average Bonchev–Trinajstić information content (AvgIpc) is 3.14. The second-order valence-electron chi connectivity index (χ2n) is 5.65. The Balaban J connectivity index is 1.86. The van der Waals surface area contributed by atoms with Crippen LogP contribution in [0.2, 0.25) is 0 Å². The van der Waals surface area contributed by atoms with E-state index in [2.05, 4.69) is 0 Å². The molecule has 0 aromatic heterocycles. The zero-order chi connectivity index (χ0) is 13.8. The standard InChI is InChI=1S/C12H16N2O5/c15-9-6-14(11(18)19)12(3-4-12)8-2-1-7(10(16)17)5-13(8)9/h7-8H,1-6H2,(H,16,17)(H,18,19). The van der Waals surface area contributed by atoms with E-state index in [1.54, 1.807) is 4.90 Å². The van der Waals surface area contributed by atoms with Gasteiger partial charge in [-0.2, -0.15) is 0 Å². The van der Waals surface area contributed by atoms with Crippen LogP contribution in [0.4, 0.5) is 4.79 Å². The number of amides is 2. The minimum absolute atomic E-state index is 0.138. The number of aliphatic carboxylic acids is 1. The molecular formula is C12H16N2O5. The number of carbonyl (C=O) groups excluding carboxylic acids is 1. The van der Waals surface area contributed by atoms with Gasteiger partial charge in [-0.15, -0.1) is 0 Å². The van der Waals surface area contributed by atoms with Crippen molar-refractivity contribution in [2.75, 3.05) is 13.1 Å². The van der Waals surface area contributed by atoms with Crippen molar-refractivity contribution in [2.24, 2.45) is 5.92 Å². The van der Waals surface area contributed by atoms with E-state index in [1.807, 2.05) is 0 Å². The van der Waals surface area contributed by atoms with Crippen LogP contribution in [0, 0.1) is 5.92 Å². The predicted molar refractivity (Wildman–Crippen MR) is 62.6 cm³/mol. The molecule has 1 aliphatic carbocycles. The lowest BCUT2D eigenvalue weighted by molar-refractivity contribution is -0.154. The molecule has 0 bridgehead atoms. The molecule has 3 fully saturated rings. The lowest BCUT2D eigenvalue weighted by atomic mass is 9.85. The molecule has 7 heteroatoms. The highest BCUT2D eigenvalue weighted by atomic mass is 16.4. The number of carbonyl (C=O) groups is 3. The Morgan fingerprint density at radius 1 is 1.21 bits per heavy atom. The molecule has 104 valence electrons. The first-order valence-electron chi connectivity index (χ1n) is 6.48. The average molecular weight is 268 g/mol. The summed E-state index contributed by atoms with van der Waals surface area (Å²) in [7, 11) is 0. The van der Waals surface area contributed by atoms with Crippen molar-refractivity contribution in [3.63, 3.8) is 0 Å². The molecule has 2 aliphatic heterocycles. The van der Waals surface area contributed by atoms with Gasteiger partial charge in [0.05, 0.1) is 17.5 Å². The first-order valence-corrected chi connectivity index (χ1v) is 6.48. The van der Waals surface area contributed by atoms with Crippen molar-refractivity contribution in [1.29, 1.82) is 0 Å². The molecule has 0 radical (unpaired) electrons. The van der Waals surface area contributed by atoms with Gasteiger partial charge in [0.25, 0.3) is 0 Å². The van der Waals surface area contributed by atoms with Gasteiger partial charge in [0, 0.05) is 6.54 Å². The number of rotatable bonds is 1. The van der Waals surface area contributed by atoms with Gasteiger partial charge in [-0.25, -0.2) is 4.79 Å². The first kappa shape index (κ1) is 12.3. The highest BCUT2D eigenvalue weighted by molar-refractivity contribution is 5.85. The smallest absolute Gasteiger partial charge is 0.408 e. The molecule has 0 aromatic carbocycles. The summed E-state index contributed by atoms with van der Waals surface area (Å²) in [6, 6.07) is -0.138. The molecule has 1 saturated carbocycles. The maximum Gasteiger partial charge on any atom is 0.408 e. The summed E-state index contributed by atoms with van der Waals surface area (Å²) in [6.07, 6.45) is 1.58. The van der Waals surface area contributed by atoms with Gasteiger partial charge >= 0.3 is 12.1 Å². The third-order valence-electron chi connectivity index (χ3n) is 4.70. The van der Waals surface area contributed by atoms with E-state index in [9.17, 15) is 19.5 Å². The quantitative estimate of drug-likeness (QED) is 0.708. The fourth-order valence-electron chi connectivity index (χ4n) is 3.56. The maximum atomic E-state index is 12.1. The lowest BCUT2D eigenvalue weighted by Gasteiger charge is -2.50. The Morgan fingerprint density at radius 3 is 2.42 bits per heavy atom. The number of piperidine rings is 1. The minimum atomic E-state index is -1.05. The molecule has 2 amide bonds. The van der Waals surface area contributed by atoms with Gasteiger partial charge in [0.1, 0.15) is 6.54 Å². The van der Waals surface area contributed by atoms with Crippen LogP contribution in [-0.4, -0.2) is 62.7 Å².